The van der Waals surface area contributed by atoms with Crippen molar-refractivity contribution in [2.45, 2.75) is 20.3 Å². The van der Waals surface area contributed by atoms with Gasteiger partial charge >= 0.3 is 6.03 Å². The van der Waals surface area contributed by atoms with E-state index in [-0.39, 0.29) is 5.96 Å². The Kier molecular flexibility index (Phi) is 4.97. The highest BCUT2D eigenvalue weighted by Crippen LogP contribution is 2.24. The molecule has 0 aliphatic heterocycles. The first-order valence-electron chi connectivity index (χ1n) is 5.63. The van der Waals surface area contributed by atoms with Crippen LogP contribution in [-0.2, 0) is 0 Å². The average molecular weight is 269 g/mol. The minimum absolute atomic E-state index is 0.243. The lowest BCUT2D eigenvalue weighted by Crippen LogP contribution is -2.33. The fraction of sp³-hybridized carbons (Fsp3) is 0.333. The van der Waals surface area contributed by atoms with Crippen LogP contribution in [0.3, 0.4) is 0 Å². The van der Waals surface area contributed by atoms with E-state index < -0.39 is 6.03 Å². The number of nitrogens with zero attached hydrogens (tertiary/aromatic N) is 2. The average Bonchev–Trinajstić information content (AvgIpc) is 2.25. The second-order valence-electron chi connectivity index (χ2n) is 3.90. The summed E-state index contributed by atoms with van der Waals surface area (Å²) >= 11 is 5.89. The quantitative estimate of drug-likeness (QED) is 0.651. The molecule has 0 aromatic heterocycles. The molecule has 0 aliphatic carbocycles. The first-order valence-corrected chi connectivity index (χ1v) is 6.00. The van der Waals surface area contributed by atoms with Crippen molar-refractivity contribution in [2.24, 2.45) is 16.5 Å². The SMILES string of the molecule is CCCN(C(=O)N=C(N)N)c1ccc(Cl)cc1C. The first kappa shape index (κ1) is 14.3. The number of anilines is 1. The van der Waals surface area contributed by atoms with Gasteiger partial charge in [0.15, 0.2) is 5.96 Å². The van der Waals surface area contributed by atoms with Gasteiger partial charge in [-0.25, -0.2) is 4.79 Å². The molecule has 1 rings (SSSR count). The van der Waals surface area contributed by atoms with Crippen LogP contribution in [0.4, 0.5) is 10.5 Å². The van der Waals surface area contributed by atoms with Gasteiger partial charge in [-0.3, -0.25) is 4.90 Å². The maximum Gasteiger partial charge on any atom is 0.351 e. The number of carbonyl (C=O) groups excluding carboxylic acids is 1. The summed E-state index contributed by atoms with van der Waals surface area (Å²) in [6.45, 7) is 4.39. The molecule has 0 heterocycles. The van der Waals surface area contributed by atoms with Crippen LogP contribution in [0, 0.1) is 6.92 Å². The van der Waals surface area contributed by atoms with E-state index in [0.717, 1.165) is 17.7 Å². The molecule has 2 amide bonds. The van der Waals surface area contributed by atoms with Gasteiger partial charge in [0.05, 0.1) is 0 Å². The van der Waals surface area contributed by atoms with Crippen LogP contribution in [0.2, 0.25) is 5.02 Å². The minimum atomic E-state index is -0.470. The van der Waals surface area contributed by atoms with Crippen molar-refractivity contribution in [1.29, 1.82) is 0 Å². The Morgan fingerprint density at radius 2 is 2.11 bits per heavy atom. The Hall–Kier alpha value is -1.75. The zero-order chi connectivity index (χ0) is 13.7. The lowest BCUT2D eigenvalue weighted by Gasteiger charge is -2.22. The van der Waals surface area contributed by atoms with Crippen molar-refractivity contribution in [1.82, 2.24) is 0 Å². The molecule has 0 bridgehead atoms. The molecule has 0 spiro atoms. The van der Waals surface area contributed by atoms with Crippen LogP contribution in [0.5, 0.6) is 0 Å². The van der Waals surface area contributed by atoms with Crippen molar-refractivity contribution in [2.75, 3.05) is 11.4 Å². The highest BCUT2D eigenvalue weighted by Gasteiger charge is 2.16. The number of halogens is 1. The molecular formula is C12H17ClN4O. The van der Waals surface area contributed by atoms with Gasteiger partial charge in [-0.15, -0.1) is 0 Å². The number of nitrogens with two attached hydrogens (primary N) is 2. The van der Waals surface area contributed by atoms with E-state index in [9.17, 15) is 4.79 Å². The third-order valence-electron chi connectivity index (χ3n) is 2.35. The van der Waals surface area contributed by atoms with E-state index in [1.165, 1.54) is 4.90 Å². The molecule has 4 N–H and O–H groups in total. The summed E-state index contributed by atoms with van der Waals surface area (Å²) in [6, 6.07) is 4.84. The number of carbonyl (C=O) groups is 1. The maximum atomic E-state index is 11.9. The fourth-order valence-electron chi connectivity index (χ4n) is 1.64. The number of urea groups is 1. The number of aryl methyl sites for hydroxylation is 1. The second kappa shape index (κ2) is 6.26. The summed E-state index contributed by atoms with van der Waals surface area (Å²) in [5.41, 5.74) is 12.1. The van der Waals surface area contributed by atoms with Gasteiger partial charge in [-0.2, -0.15) is 4.99 Å². The molecule has 0 fully saturated rings. The van der Waals surface area contributed by atoms with Crippen molar-refractivity contribution < 1.29 is 4.79 Å². The van der Waals surface area contributed by atoms with E-state index in [1.807, 2.05) is 13.8 Å². The molecule has 0 aliphatic rings. The Balaban J connectivity index is 3.11. The summed E-state index contributed by atoms with van der Waals surface area (Å²) < 4.78 is 0. The van der Waals surface area contributed by atoms with E-state index in [2.05, 4.69) is 4.99 Å². The Labute approximate surface area is 111 Å². The van der Waals surface area contributed by atoms with Gasteiger partial charge in [0.2, 0.25) is 0 Å². The summed E-state index contributed by atoms with van der Waals surface area (Å²) in [6.07, 6.45) is 0.799. The van der Waals surface area contributed by atoms with Gasteiger partial charge in [-0.05, 0) is 37.1 Å². The lowest BCUT2D eigenvalue weighted by molar-refractivity contribution is 0.254. The summed E-state index contributed by atoms with van der Waals surface area (Å²) in [4.78, 5) is 17.0. The van der Waals surface area contributed by atoms with Gasteiger partial charge in [0, 0.05) is 17.3 Å². The zero-order valence-electron chi connectivity index (χ0n) is 10.5. The molecule has 18 heavy (non-hydrogen) atoms. The smallest absolute Gasteiger partial charge is 0.351 e. The van der Waals surface area contributed by atoms with Gasteiger partial charge in [0.1, 0.15) is 0 Å². The van der Waals surface area contributed by atoms with Crippen LogP contribution < -0.4 is 16.4 Å². The summed E-state index contributed by atoms with van der Waals surface area (Å²) in [7, 11) is 0. The van der Waals surface area contributed by atoms with E-state index in [1.54, 1.807) is 18.2 Å². The highest BCUT2D eigenvalue weighted by molar-refractivity contribution is 6.30. The number of aliphatic imine (C=N–C) groups is 1. The van der Waals surface area contributed by atoms with Crippen molar-refractivity contribution in [3.8, 4) is 0 Å². The van der Waals surface area contributed by atoms with Crippen LogP contribution in [-0.4, -0.2) is 18.5 Å². The fourth-order valence-corrected chi connectivity index (χ4v) is 1.86. The number of rotatable bonds is 3. The molecule has 5 nitrogen and oxygen atoms in total. The molecule has 0 radical (unpaired) electrons. The molecular weight excluding hydrogens is 252 g/mol. The molecule has 0 atom stereocenters. The van der Waals surface area contributed by atoms with Crippen LogP contribution in [0.1, 0.15) is 18.9 Å². The Morgan fingerprint density at radius 3 is 2.61 bits per heavy atom. The zero-order valence-corrected chi connectivity index (χ0v) is 11.2. The Morgan fingerprint density at radius 1 is 1.44 bits per heavy atom. The predicted octanol–water partition coefficient (Wildman–Crippen LogP) is 2.26. The van der Waals surface area contributed by atoms with E-state index >= 15 is 0 Å². The number of guanidine groups is 1. The van der Waals surface area contributed by atoms with Crippen LogP contribution in [0.25, 0.3) is 0 Å². The molecule has 0 saturated heterocycles. The monoisotopic (exact) mass is 268 g/mol. The van der Waals surface area contributed by atoms with E-state index in [4.69, 9.17) is 23.1 Å². The highest BCUT2D eigenvalue weighted by atomic mass is 35.5. The minimum Gasteiger partial charge on any atom is -0.370 e. The predicted molar refractivity (Wildman–Crippen MR) is 75.0 cm³/mol. The number of hydrogen-bond acceptors (Lipinski definition) is 1. The van der Waals surface area contributed by atoms with Gasteiger partial charge in [0.25, 0.3) is 0 Å². The van der Waals surface area contributed by atoms with Gasteiger partial charge in [-0.1, -0.05) is 18.5 Å². The second-order valence-corrected chi connectivity index (χ2v) is 4.34. The van der Waals surface area contributed by atoms with Crippen molar-refractivity contribution >= 4 is 29.3 Å². The third kappa shape index (κ3) is 3.63. The molecule has 6 heteroatoms. The molecule has 0 saturated carbocycles. The van der Waals surface area contributed by atoms with Crippen molar-refractivity contribution in [3.05, 3.63) is 28.8 Å². The maximum absolute atomic E-state index is 11.9. The van der Waals surface area contributed by atoms with E-state index in [0.29, 0.717) is 11.6 Å². The summed E-state index contributed by atoms with van der Waals surface area (Å²) in [5.74, 6) is -0.243. The van der Waals surface area contributed by atoms with Gasteiger partial charge < -0.3 is 11.5 Å². The normalized spacial score (nSPS) is 9.94. The standard InChI is InChI=1S/C12H17ClN4O/c1-3-6-17(12(18)16-11(14)15)10-5-4-9(13)7-8(10)2/h4-5,7H,3,6H2,1-2H3,(H4,14,15,16,18). The molecule has 98 valence electrons. The molecule has 0 unspecified atom stereocenters. The largest absolute Gasteiger partial charge is 0.370 e. The van der Waals surface area contributed by atoms with Crippen LogP contribution >= 0.6 is 11.6 Å². The molecule has 1 aromatic rings. The number of hydrogen-bond donors (Lipinski definition) is 2. The van der Waals surface area contributed by atoms with Crippen LogP contribution in [0.15, 0.2) is 23.2 Å². The first-order chi connectivity index (χ1) is 8.45. The molecule has 1 aromatic carbocycles. The lowest BCUT2D eigenvalue weighted by atomic mass is 10.2. The van der Waals surface area contributed by atoms with Crippen molar-refractivity contribution in [3.63, 3.8) is 0 Å². The summed E-state index contributed by atoms with van der Waals surface area (Å²) in [5, 5.41) is 0.627. The number of benzene rings is 1. The third-order valence-corrected chi connectivity index (χ3v) is 2.59. The Bertz CT molecular complexity index is 469. The topological polar surface area (TPSA) is 84.7 Å². The number of amides is 2.